The van der Waals surface area contributed by atoms with Gasteiger partial charge in [0.05, 0.1) is 16.1 Å². The smallest absolute Gasteiger partial charge is 0.125 e. The van der Waals surface area contributed by atoms with Gasteiger partial charge < -0.3 is 9.84 Å². The van der Waals surface area contributed by atoms with Crippen molar-refractivity contribution in [3.63, 3.8) is 0 Å². The highest BCUT2D eigenvalue weighted by Crippen LogP contribution is 2.29. The van der Waals surface area contributed by atoms with Crippen LogP contribution in [-0.2, 0) is 6.61 Å². The van der Waals surface area contributed by atoms with Crippen LogP contribution in [0.5, 0.6) is 5.75 Å². The van der Waals surface area contributed by atoms with Gasteiger partial charge in [-0.1, -0.05) is 35.3 Å². The third-order valence-electron chi connectivity index (χ3n) is 2.84. The molecule has 2 rings (SSSR count). The van der Waals surface area contributed by atoms with Gasteiger partial charge in [-0.05, 0) is 31.2 Å². The lowest BCUT2D eigenvalue weighted by molar-refractivity contribution is 0.189. The minimum Gasteiger partial charge on any atom is -0.488 e. The van der Waals surface area contributed by atoms with Gasteiger partial charge in [-0.15, -0.1) is 0 Å². The highest BCUT2D eigenvalue weighted by Gasteiger charge is 2.12. The Kier molecular flexibility index (Phi) is 4.86. The summed E-state index contributed by atoms with van der Waals surface area (Å²) in [5.41, 5.74) is 1.11. The maximum absolute atomic E-state index is 13.2. The molecule has 0 heterocycles. The van der Waals surface area contributed by atoms with Crippen molar-refractivity contribution in [2.75, 3.05) is 0 Å². The monoisotopic (exact) mass is 314 g/mol. The number of benzene rings is 2. The van der Waals surface area contributed by atoms with Crippen LogP contribution in [0.4, 0.5) is 4.39 Å². The molecule has 0 saturated heterocycles. The van der Waals surface area contributed by atoms with Gasteiger partial charge in [0, 0.05) is 11.1 Å². The normalized spacial score (nSPS) is 12.2. The summed E-state index contributed by atoms with van der Waals surface area (Å²) in [6.07, 6.45) is -0.824. The standard InChI is InChI=1S/C15H13Cl2FO2/c1-9(19)12-7-11(18)5-6-14(12)20-8-10-3-2-4-13(16)15(10)17/h2-7,9,19H,8H2,1H3. The lowest BCUT2D eigenvalue weighted by atomic mass is 10.1. The lowest BCUT2D eigenvalue weighted by Crippen LogP contribution is -2.02. The molecule has 106 valence electrons. The highest BCUT2D eigenvalue weighted by molar-refractivity contribution is 6.42. The second-order valence-corrected chi connectivity index (χ2v) is 5.14. The SMILES string of the molecule is CC(O)c1cc(F)ccc1OCc1cccc(Cl)c1Cl. The Morgan fingerprint density at radius 3 is 2.70 bits per heavy atom. The molecule has 0 amide bonds. The zero-order valence-electron chi connectivity index (χ0n) is 10.7. The van der Waals surface area contributed by atoms with Gasteiger partial charge >= 0.3 is 0 Å². The first-order valence-electron chi connectivity index (χ1n) is 6.02. The van der Waals surface area contributed by atoms with E-state index in [1.165, 1.54) is 18.2 Å². The van der Waals surface area contributed by atoms with E-state index in [0.29, 0.717) is 21.4 Å². The fourth-order valence-corrected chi connectivity index (χ4v) is 2.17. The van der Waals surface area contributed by atoms with E-state index in [4.69, 9.17) is 27.9 Å². The van der Waals surface area contributed by atoms with Crippen LogP contribution < -0.4 is 4.74 Å². The third-order valence-corrected chi connectivity index (χ3v) is 3.69. The van der Waals surface area contributed by atoms with E-state index in [2.05, 4.69) is 0 Å². The van der Waals surface area contributed by atoms with E-state index in [0.717, 1.165) is 5.56 Å². The third kappa shape index (κ3) is 3.42. The van der Waals surface area contributed by atoms with Crippen molar-refractivity contribution in [3.8, 4) is 5.75 Å². The fourth-order valence-electron chi connectivity index (χ4n) is 1.79. The van der Waals surface area contributed by atoms with Crippen LogP contribution in [0.25, 0.3) is 0 Å². The van der Waals surface area contributed by atoms with Crippen LogP contribution in [0.15, 0.2) is 36.4 Å². The van der Waals surface area contributed by atoms with Gasteiger partial charge in [0.2, 0.25) is 0 Å². The molecule has 5 heteroatoms. The van der Waals surface area contributed by atoms with Crippen LogP contribution in [0.2, 0.25) is 10.0 Å². The molecule has 0 aliphatic rings. The molecular weight excluding hydrogens is 302 g/mol. The van der Waals surface area contributed by atoms with E-state index < -0.39 is 11.9 Å². The summed E-state index contributed by atoms with van der Waals surface area (Å²) in [7, 11) is 0. The maximum Gasteiger partial charge on any atom is 0.125 e. The van der Waals surface area contributed by atoms with Gasteiger partial charge in [-0.25, -0.2) is 4.39 Å². The predicted molar refractivity (Wildman–Crippen MR) is 77.8 cm³/mol. The summed E-state index contributed by atoms with van der Waals surface area (Å²) in [5, 5.41) is 10.5. The van der Waals surface area contributed by atoms with E-state index >= 15 is 0 Å². The number of rotatable bonds is 4. The first-order valence-corrected chi connectivity index (χ1v) is 6.78. The molecule has 0 aliphatic carbocycles. The summed E-state index contributed by atoms with van der Waals surface area (Å²) >= 11 is 12.0. The predicted octanol–water partition coefficient (Wildman–Crippen LogP) is 4.76. The Morgan fingerprint density at radius 2 is 2.00 bits per heavy atom. The first kappa shape index (κ1) is 15.1. The molecule has 2 aromatic carbocycles. The number of ether oxygens (including phenoxy) is 1. The van der Waals surface area contributed by atoms with Crippen LogP contribution in [0, 0.1) is 5.82 Å². The number of aliphatic hydroxyl groups is 1. The Hall–Kier alpha value is -1.29. The molecule has 1 N–H and O–H groups in total. The molecule has 20 heavy (non-hydrogen) atoms. The second kappa shape index (κ2) is 6.44. The van der Waals surface area contributed by atoms with Crippen molar-refractivity contribution in [1.29, 1.82) is 0 Å². The Labute approximate surface area is 126 Å². The highest BCUT2D eigenvalue weighted by atomic mass is 35.5. The Bertz CT molecular complexity index is 615. The lowest BCUT2D eigenvalue weighted by Gasteiger charge is -2.14. The van der Waals surface area contributed by atoms with Crippen LogP contribution in [0.1, 0.15) is 24.2 Å². The molecule has 0 fully saturated rings. The molecule has 2 aromatic rings. The van der Waals surface area contributed by atoms with Gasteiger partial charge in [0.15, 0.2) is 0 Å². The number of aliphatic hydroxyl groups excluding tert-OH is 1. The van der Waals surface area contributed by atoms with E-state index in [1.807, 2.05) is 0 Å². The zero-order valence-corrected chi connectivity index (χ0v) is 12.2. The maximum atomic E-state index is 13.2. The minimum absolute atomic E-state index is 0.185. The van der Waals surface area contributed by atoms with Crippen molar-refractivity contribution in [2.45, 2.75) is 19.6 Å². The molecule has 0 saturated carbocycles. The number of halogens is 3. The zero-order chi connectivity index (χ0) is 14.7. The summed E-state index contributed by atoms with van der Waals surface area (Å²) in [5.74, 6) is -0.00789. The van der Waals surface area contributed by atoms with E-state index in [-0.39, 0.29) is 6.61 Å². The van der Waals surface area contributed by atoms with E-state index in [1.54, 1.807) is 25.1 Å². The van der Waals surface area contributed by atoms with Gasteiger partial charge in [-0.3, -0.25) is 0 Å². The Balaban J connectivity index is 2.21. The van der Waals surface area contributed by atoms with Crippen LogP contribution in [0.3, 0.4) is 0 Å². The molecule has 0 radical (unpaired) electrons. The number of hydrogen-bond acceptors (Lipinski definition) is 2. The molecule has 1 unspecified atom stereocenters. The molecule has 0 aromatic heterocycles. The van der Waals surface area contributed by atoms with Crippen molar-refractivity contribution in [2.24, 2.45) is 0 Å². The van der Waals surface area contributed by atoms with Crippen molar-refractivity contribution >= 4 is 23.2 Å². The number of hydrogen-bond donors (Lipinski definition) is 1. The van der Waals surface area contributed by atoms with Crippen molar-refractivity contribution < 1.29 is 14.2 Å². The summed E-state index contributed by atoms with van der Waals surface area (Å²) in [4.78, 5) is 0. The topological polar surface area (TPSA) is 29.5 Å². The van der Waals surface area contributed by atoms with Gasteiger partial charge in [0.25, 0.3) is 0 Å². The van der Waals surface area contributed by atoms with Crippen LogP contribution in [-0.4, -0.2) is 5.11 Å². The van der Waals surface area contributed by atoms with Gasteiger partial charge in [0.1, 0.15) is 18.2 Å². The fraction of sp³-hybridized carbons (Fsp3) is 0.200. The quantitative estimate of drug-likeness (QED) is 0.881. The van der Waals surface area contributed by atoms with Crippen LogP contribution >= 0.6 is 23.2 Å². The first-order chi connectivity index (χ1) is 9.49. The largest absolute Gasteiger partial charge is 0.488 e. The summed E-state index contributed by atoms with van der Waals surface area (Å²) in [6, 6.07) is 9.26. The molecule has 2 nitrogen and oxygen atoms in total. The van der Waals surface area contributed by atoms with Crippen molar-refractivity contribution in [1.82, 2.24) is 0 Å². The molecule has 0 bridgehead atoms. The molecular formula is C15H13Cl2FO2. The molecule has 0 aliphatic heterocycles. The average Bonchev–Trinajstić information content (AvgIpc) is 2.41. The average molecular weight is 315 g/mol. The molecule has 1 atom stereocenters. The summed E-state index contributed by atoms with van der Waals surface area (Å²) < 4.78 is 18.8. The second-order valence-electron chi connectivity index (χ2n) is 4.36. The molecule has 0 spiro atoms. The van der Waals surface area contributed by atoms with Gasteiger partial charge in [-0.2, -0.15) is 0 Å². The summed E-state index contributed by atoms with van der Waals surface area (Å²) in [6.45, 7) is 1.73. The van der Waals surface area contributed by atoms with E-state index in [9.17, 15) is 9.50 Å². The van der Waals surface area contributed by atoms with Crippen molar-refractivity contribution in [3.05, 3.63) is 63.4 Å². The minimum atomic E-state index is -0.824. The Morgan fingerprint density at radius 1 is 1.25 bits per heavy atom.